The molecule has 146 valence electrons. The van der Waals surface area contributed by atoms with Crippen molar-refractivity contribution in [2.75, 3.05) is 16.8 Å². The topological polar surface area (TPSA) is 49.4 Å². The number of amides is 1. The number of ketones is 1. The minimum atomic E-state index is -0.0574. The summed E-state index contributed by atoms with van der Waals surface area (Å²) in [6, 6.07) is 24.6. The summed E-state index contributed by atoms with van der Waals surface area (Å²) in [6.45, 7) is 0.523. The van der Waals surface area contributed by atoms with E-state index in [4.69, 9.17) is 11.6 Å². The van der Waals surface area contributed by atoms with Crippen LogP contribution in [0.4, 0.5) is 11.4 Å². The van der Waals surface area contributed by atoms with Crippen LogP contribution in [0.5, 0.6) is 0 Å². The Hall–Kier alpha value is -3.11. The van der Waals surface area contributed by atoms with E-state index < -0.39 is 0 Å². The third-order valence-corrected chi connectivity index (χ3v) is 5.38. The number of para-hydroxylation sites is 2. The summed E-state index contributed by atoms with van der Waals surface area (Å²) in [5.74, 6) is -0.111. The highest BCUT2D eigenvalue weighted by atomic mass is 35.5. The zero-order valence-electron chi connectivity index (χ0n) is 15.8. The molecule has 0 radical (unpaired) electrons. The van der Waals surface area contributed by atoms with E-state index in [2.05, 4.69) is 17.4 Å². The van der Waals surface area contributed by atoms with Crippen molar-refractivity contribution in [3.63, 3.8) is 0 Å². The van der Waals surface area contributed by atoms with Gasteiger partial charge in [0.15, 0.2) is 5.78 Å². The molecule has 3 aromatic carbocycles. The van der Waals surface area contributed by atoms with Crippen molar-refractivity contribution in [1.29, 1.82) is 0 Å². The summed E-state index contributed by atoms with van der Waals surface area (Å²) < 4.78 is 0. The first-order valence-electron chi connectivity index (χ1n) is 9.61. The summed E-state index contributed by atoms with van der Waals surface area (Å²) in [5.41, 5.74) is 3.47. The Morgan fingerprint density at radius 2 is 1.59 bits per heavy atom. The summed E-state index contributed by atoms with van der Waals surface area (Å²) in [4.78, 5) is 27.3. The van der Waals surface area contributed by atoms with E-state index in [9.17, 15) is 9.59 Å². The number of halogens is 1. The predicted molar refractivity (Wildman–Crippen MR) is 117 cm³/mol. The van der Waals surface area contributed by atoms with Crippen molar-refractivity contribution >= 4 is 34.7 Å². The van der Waals surface area contributed by atoms with Crippen LogP contribution >= 0.6 is 11.6 Å². The Morgan fingerprint density at radius 1 is 0.897 bits per heavy atom. The maximum absolute atomic E-state index is 13.1. The van der Waals surface area contributed by atoms with Crippen LogP contribution in [0.15, 0.2) is 78.9 Å². The number of fused-ring (bicyclic) bond motifs is 1. The van der Waals surface area contributed by atoms with Crippen LogP contribution in [0.25, 0.3) is 0 Å². The molecule has 0 spiro atoms. The van der Waals surface area contributed by atoms with Crippen LogP contribution in [0.1, 0.15) is 34.8 Å². The number of rotatable bonds is 5. The van der Waals surface area contributed by atoms with Gasteiger partial charge in [-0.05, 0) is 42.0 Å². The molecule has 0 saturated carbocycles. The van der Waals surface area contributed by atoms with Crippen molar-refractivity contribution in [2.45, 2.75) is 18.9 Å². The zero-order valence-corrected chi connectivity index (χ0v) is 16.6. The summed E-state index contributed by atoms with van der Waals surface area (Å²) >= 11 is 5.88. The van der Waals surface area contributed by atoms with Crippen molar-refractivity contribution in [3.05, 3.63) is 95.0 Å². The molecule has 4 nitrogen and oxygen atoms in total. The van der Waals surface area contributed by atoms with Crippen molar-refractivity contribution in [3.8, 4) is 0 Å². The van der Waals surface area contributed by atoms with Gasteiger partial charge in [-0.25, -0.2) is 0 Å². The average molecular weight is 405 g/mol. The second-order valence-electron chi connectivity index (χ2n) is 7.06. The third-order valence-electron chi connectivity index (χ3n) is 5.12. The van der Waals surface area contributed by atoms with Crippen LogP contribution in [-0.4, -0.2) is 18.2 Å². The van der Waals surface area contributed by atoms with Crippen molar-refractivity contribution in [2.24, 2.45) is 0 Å². The molecule has 1 aliphatic rings. The molecule has 1 atom stereocenters. The molecule has 1 N–H and O–H groups in total. The highest BCUT2D eigenvalue weighted by molar-refractivity contribution is 6.30. The van der Waals surface area contributed by atoms with Gasteiger partial charge in [0.25, 0.3) is 0 Å². The molecule has 1 amide bonds. The minimum absolute atomic E-state index is 0.00187. The lowest BCUT2D eigenvalue weighted by atomic mass is 10.0. The first-order chi connectivity index (χ1) is 14.1. The van der Waals surface area contributed by atoms with Gasteiger partial charge in [0.1, 0.15) is 0 Å². The number of benzene rings is 3. The standard InChI is InChI=1S/C24H21ClN2O2/c25-19-12-10-18(11-13-19)23(28)14-15-24(29)27-16-21(17-6-2-1-3-7-17)26-20-8-4-5-9-22(20)27/h1-13,21,26H,14-16H2. The number of anilines is 2. The molecule has 1 heterocycles. The molecule has 1 unspecified atom stereocenters. The Kier molecular flexibility index (Phi) is 5.63. The third kappa shape index (κ3) is 4.33. The van der Waals surface area contributed by atoms with E-state index in [0.717, 1.165) is 16.9 Å². The number of hydrogen-bond acceptors (Lipinski definition) is 3. The van der Waals surface area contributed by atoms with Crippen LogP contribution in [0.3, 0.4) is 0 Å². The van der Waals surface area contributed by atoms with Gasteiger partial charge in [-0.3, -0.25) is 9.59 Å². The maximum Gasteiger partial charge on any atom is 0.227 e. The quantitative estimate of drug-likeness (QED) is 0.571. The number of carbonyl (C=O) groups is 2. The van der Waals surface area contributed by atoms with E-state index in [1.54, 1.807) is 29.2 Å². The van der Waals surface area contributed by atoms with Gasteiger partial charge < -0.3 is 10.2 Å². The number of nitrogens with one attached hydrogen (secondary N) is 1. The van der Waals surface area contributed by atoms with Gasteiger partial charge in [0, 0.05) is 23.4 Å². The largest absolute Gasteiger partial charge is 0.375 e. The van der Waals surface area contributed by atoms with Gasteiger partial charge in [0.05, 0.1) is 24.0 Å². The van der Waals surface area contributed by atoms with Gasteiger partial charge in [0.2, 0.25) is 5.91 Å². The number of hydrogen-bond donors (Lipinski definition) is 1. The van der Waals surface area contributed by atoms with E-state index in [1.807, 2.05) is 42.5 Å². The van der Waals surface area contributed by atoms with E-state index in [0.29, 0.717) is 17.1 Å². The summed E-state index contributed by atoms with van der Waals surface area (Å²) in [7, 11) is 0. The Morgan fingerprint density at radius 3 is 2.34 bits per heavy atom. The number of Topliss-reactive ketones (excluding diaryl/α,β-unsaturated/α-hetero) is 1. The van der Waals surface area contributed by atoms with Crippen LogP contribution in [-0.2, 0) is 4.79 Å². The average Bonchev–Trinajstić information content (AvgIpc) is 2.77. The van der Waals surface area contributed by atoms with E-state index in [1.165, 1.54) is 0 Å². The smallest absolute Gasteiger partial charge is 0.227 e. The number of carbonyl (C=O) groups excluding carboxylic acids is 2. The molecule has 0 aromatic heterocycles. The van der Waals surface area contributed by atoms with Gasteiger partial charge in [-0.1, -0.05) is 54.1 Å². The molecule has 0 bridgehead atoms. The molecule has 3 aromatic rings. The molecule has 29 heavy (non-hydrogen) atoms. The van der Waals surface area contributed by atoms with Crippen molar-refractivity contribution < 1.29 is 9.59 Å². The Bertz CT molecular complexity index is 1020. The van der Waals surface area contributed by atoms with Crippen LogP contribution in [0.2, 0.25) is 5.02 Å². The molecular formula is C24H21ClN2O2. The first kappa shape index (κ1) is 19.2. The molecule has 5 heteroatoms. The van der Waals surface area contributed by atoms with Gasteiger partial charge in [-0.15, -0.1) is 0 Å². The predicted octanol–water partition coefficient (Wildman–Crippen LogP) is 5.50. The summed E-state index contributed by atoms with van der Waals surface area (Å²) in [5, 5.41) is 4.11. The van der Waals surface area contributed by atoms with Crippen molar-refractivity contribution in [1.82, 2.24) is 0 Å². The molecule has 0 fully saturated rings. The Balaban J connectivity index is 1.50. The molecular weight excluding hydrogens is 384 g/mol. The van der Waals surface area contributed by atoms with Crippen LogP contribution < -0.4 is 10.2 Å². The Labute approximate surface area is 175 Å². The second-order valence-corrected chi connectivity index (χ2v) is 7.50. The number of nitrogens with zero attached hydrogens (tertiary/aromatic N) is 1. The first-order valence-corrected chi connectivity index (χ1v) is 9.99. The van der Waals surface area contributed by atoms with E-state index in [-0.39, 0.29) is 30.6 Å². The molecule has 1 aliphatic heterocycles. The van der Waals surface area contributed by atoms with Gasteiger partial charge >= 0.3 is 0 Å². The highest BCUT2D eigenvalue weighted by Gasteiger charge is 2.28. The fourth-order valence-corrected chi connectivity index (χ4v) is 3.72. The maximum atomic E-state index is 13.1. The SMILES string of the molecule is O=C(CCC(=O)N1CC(c2ccccc2)Nc2ccccc21)c1ccc(Cl)cc1. The van der Waals surface area contributed by atoms with E-state index >= 15 is 0 Å². The van der Waals surface area contributed by atoms with Crippen LogP contribution in [0, 0.1) is 0 Å². The molecule has 0 aliphatic carbocycles. The lowest BCUT2D eigenvalue weighted by molar-refractivity contribution is -0.118. The van der Waals surface area contributed by atoms with Gasteiger partial charge in [-0.2, -0.15) is 0 Å². The molecule has 0 saturated heterocycles. The molecule has 4 rings (SSSR count). The lowest BCUT2D eigenvalue weighted by Crippen LogP contribution is -2.40. The minimum Gasteiger partial charge on any atom is -0.375 e. The second kappa shape index (κ2) is 8.50. The fourth-order valence-electron chi connectivity index (χ4n) is 3.59. The summed E-state index contributed by atoms with van der Waals surface area (Å²) in [6.07, 6.45) is 0.333. The normalized spacial score (nSPS) is 15.3. The highest BCUT2D eigenvalue weighted by Crippen LogP contribution is 2.36. The zero-order chi connectivity index (χ0) is 20.2. The lowest BCUT2D eigenvalue weighted by Gasteiger charge is -2.36. The fraction of sp³-hybridized carbons (Fsp3) is 0.167. The monoisotopic (exact) mass is 404 g/mol.